The maximum absolute atomic E-state index is 11.3. The van der Waals surface area contributed by atoms with Crippen molar-refractivity contribution in [3.05, 3.63) is 41.6 Å². The van der Waals surface area contributed by atoms with Crippen LogP contribution in [0.3, 0.4) is 0 Å². The van der Waals surface area contributed by atoms with Crippen molar-refractivity contribution in [1.82, 2.24) is 4.98 Å². The number of aromatic nitrogens is 1. The van der Waals surface area contributed by atoms with Crippen molar-refractivity contribution in [2.75, 3.05) is 6.26 Å². The van der Waals surface area contributed by atoms with Gasteiger partial charge in [0.05, 0.1) is 6.20 Å². The number of ether oxygens (including phenoxy) is 1. The van der Waals surface area contributed by atoms with Crippen molar-refractivity contribution in [1.29, 1.82) is 0 Å². The van der Waals surface area contributed by atoms with Crippen LogP contribution in [-0.4, -0.2) is 19.7 Å². The van der Waals surface area contributed by atoms with Crippen LogP contribution in [0.5, 0.6) is 5.19 Å². The normalized spacial score (nSPS) is 11.4. The first-order valence-electron chi connectivity index (χ1n) is 5.30. The molecule has 0 spiro atoms. The standard InChI is InChI=1S/C12H13NO3S2/c1-9-5-3-4-6-10(9)8-16-12-13-7-11(17-12)18(2,14)15/h3-7H,8H2,1-2H3. The number of rotatable bonds is 4. The van der Waals surface area contributed by atoms with Crippen molar-refractivity contribution in [3.8, 4) is 5.19 Å². The average molecular weight is 283 g/mol. The molecule has 0 bridgehead atoms. The van der Waals surface area contributed by atoms with Crippen LogP contribution in [0.15, 0.2) is 34.7 Å². The first kappa shape index (κ1) is 13.0. The number of benzene rings is 1. The van der Waals surface area contributed by atoms with Crippen molar-refractivity contribution in [2.24, 2.45) is 0 Å². The lowest BCUT2D eigenvalue weighted by atomic mass is 10.1. The second-order valence-corrected chi connectivity index (χ2v) is 7.17. The van der Waals surface area contributed by atoms with Crippen molar-refractivity contribution in [3.63, 3.8) is 0 Å². The number of thiazole rings is 1. The van der Waals surface area contributed by atoms with Crippen molar-refractivity contribution in [2.45, 2.75) is 17.7 Å². The summed E-state index contributed by atoms with van der Waals surface area (Å²) >= 11 is 1.04. The van der Waals surface area contributed by atoms with Crippen LogP contribution in [0.2, 0.25) is 0 Å². The summed E-state index contributed by atoms with van der Waals surface area (Å²) in [5.41, 5.74) is 2.20. The number of hydrogen-bond donors (Lipinski definition) is 0. The van der Waals surface area contributed by atoms with Gasteiger partial charge in [-0.05, 0) is 18.1 Å². The Balaban J connectivity index is 2.08. The second-order valence-electron chi connectivity index (χ2n) is 3.93. The molecule has 96 valence electrons. The molecule has 0 aliphatic rings. The number of aryl methyl sites for hydroxylation is 1. The Morgan fingerprint density at radius 2 is 2.06 bits per heavy atom. The van der Waals surface area contributed by atoms with Gasteiger partial charge in [-0.15, -0.1) is 0 Å². The molecule has 2 rings (SSSR count). The van der Waals surface area contributed by atoms with Gasteiger partial charge in [-0.2, -0.15) is 0 Å². The Hall–Kier alpha value is -1.40. The highest BCUT2D eigenvalue weighted by molar-refractivity contribution is 7.92. The topological polar surface area (TPSA) is 56.3 Å². The van der Waals surface area contributed by atoms with Gasteiger partial charge >= 0.3 is 0 Å². The second kappa shape index (κ2) is 5.07. The van der Waals surface area contributed by atoms with Gasteiger partial charge in [0.1, 0.15) is 10.8 Å². The van der Waals surface area contributed by atoms with Crippen LogP contribution in [0.1, 0.15) is 11.1 Å². The Morgan fingerprint density at radius 1 is 1.33 bits per heavy atom. The van der Waals surface area contributed by atoms with Crippen LogP contribution in [0.4, 0.5) is 0 Å². The Bertz CT molecular complexity index is 647. The van der Waals surface area contributed by atoms with E-state index in [0.717, 1.165) is 28.7 Å². The minimum absolute atomic E-state index is 0.224. The quantitative estimate of drug-likeness (QED) is 0.864. The van der Waals surface area contributed by atoms with Gasteiger partial charge in [0.2, 0.25) is 0 Å². The summed E-state index contributed by atoms with van der Waals surface area (Å²) in [5.74, 6) is 0. The molecule has 0 aliphatic carbocycles. The lowest BCUT2D eigenvalue weighted by Crippen LogP contribution is -1.96. The van der Waals surface area contributed by atoms with E-state index in [0.29, 0.717) is 11.8 Å². The molecule has 1 heterocycles. The molecule has 2 aromatic rings. The van der Waals surface area contributed by atoms with Crippen molar-refractivity contribution >= 4 is 21.2 Å². The summed E-state index contributed by atoms with van der Waals surface area (Å²) in [6, 6.07) is 7.88. The van der Waals surface area contributed by atoms with Crippen molar-refractivity contribution < 1.29 is 13.2 Å². The van der Waals surface area contributed by atoms with E-state index in [9.17, 15) is 8.42 Å². The van der Waals surface area contributed by atoms with E-state index in [1.807, 2.05) is 31.2 Å². The van der Waals surface area contributed by atoms with E-state index in [4.69, 9.17) is 4.74 Å². The third-order valence-electron chi connectivity index (χ3n) is 2.44. The summed E-state index contributed by atoms with van der Waals surface area (Å²) in [5, 5.41) is 0.374. The fourth-order valence-corrected chi connectivity index (χ4v) is 2.96. The zero-order chi connectivity index (χ0) is 13.2. The predicted octanol–water partition coefficient (Wildman–Crippen LogP) is 2.43. The molecule has 18 heavy (non-hydrogen) atoms. The summed E-state index contributed by atoms with van der Waals surface area (Å²) < 4.78 is 28.3. The highest BCUT2D eigenvalue weighted by Gasteiger charge is 2.12. The molecule has 6 heteroatoms. The number of sulfone groups is 1. The lowest BCUT2D eigenvalue weighted by molar-refractivity contribution is 0.304. The molecule has 1 aromatic heterocycles. The fraction of sp³-hybridized carbons (Fsp3) is 0.250. The van der Waals surface area contributed by atoms with Crippen LogP contribution in [-0.2, 0) is 16.4 Å². The van der Waals surface area contributed by atoms with E-state index in [2.05, 4.69) is 4.98 Å². The third kappa shape index (κ3) is 3.08. The Morgan fingerprint density at radius 3 is 2.67 bits per heavy atom. The molecule has 0 aliphatic heterocycles. The van der Waals surface area contributed by atoms with Gasteiger partial charge in [0, 0.05) is 6.26 Å². The van der Waals surface area contributed by atoms with Crippen LogP contribution >= 0.6 is 11.3 Å². The molecule has 4 nitrogen and oxygen atoms in total. The maximum Gasteiger partial charge on any atom is 0.274 e. The third-order valence-corrected chi connectivity index (χ3v) is 5.14. The Kier molecular flexibility index (Phi) is 3.68. The van der Waals surface area contributed by atoms with Crippen LogP contribution in [0.25, 0.3) is 0 Å². The first-order chi connectivity index (χ1) is 8.47. The minimum Gasteiger partial charge on any atom is -0.465 e. The van der Waals surface area contributed by atoms with Crippen LogP contribution < -0.4 is 4.74 Å². The lowest BCUT2D eigenvalue weighted by Gasteiger charge is -2.05. The van der Waals surface area contributed by atoms with Gasteiger partial charge < -0.3 is 4.74 Å². The van der Waals surface area contributed by atoms with E-state index in [-0.39, 0.29) is 4.21 Å². The molecular weight excluding hydrogens is 270 g/mol. The molecule has 0 atom stereocenters. The van der Waals surface area contributed by atoms with Gasteiger partial charge in [0.15, 0.2) is 9.84 Å². The summed E-state index contributed by atoms with van der Waals surface area (Å²) in [6.07, 6.45) is 2.48. The molecule has 1 aromatic carbocycles. The Labute approximate surface area is 110 Å². The molecule has 0 saturated carbocycles. The fourth-order valence-electron chi connectivity index (χ4n) is 1.39. The highest BCUT2D eigenvalue weighted by Crippen LogP contribution is 2.25. The smallest absolute Gasteiger partial charge is 0.274 e. The average Bonchev–Trinajstić information content (AvgIpc) is 2.76. The highest BCUT2D eigenvalue weighted by atomic mass is 32.2. The minimum atomic E-state index is -3.20. The van der Waals surface area contributed by atoms with Gasteiger partial charge in [0.25, 0.3) is 5.19 Å². The largest absolute Gasteiger partial charge is 0.465 e. The zero-order valence-electron chi connectivity index (χ0n) is 10.1. The van der Waals surface area contributed by atoms with Gasteiger partial charge in [-0.1, -0.05) is 35.6 Å². The molecule has 0 radical (unpaired) electrons. The summed E-state index contributed by atoms with van der Waals surface area (Å²) in [6.45, 7) is 2.39. The van der Waals surface area contributed by atoms with Gasteiger partial charge in [-0.25, -0.2) is 13.4 Å². The molecule has 0 amide bonds. The first-order valence-corrected chi connectivity index (χ1v) is 8.01. The monoisotopic (exact) mass is 283 g/mol. The molecule has 0 unspecified atom stereocenters. The molecule has 0 fully saturated rings. The van der Waals surface area contributed by atoms with E-state index in [1.54, 1.807) is 0 Å². The summed E-state index contributed by atoms with van der Waals surface area (Å²) in [4.78, 5) is 3.94. The number of nitrogens with zero attached hydrogens (tertiary/aromatic N) is 1. The van der Waals surface area contributed by atoms with E-state index < -0.39 is 9.84 Å². The zero-order valence-corrected chi connectivity index (χ0v) is 11.7. The molecular formula is C12H13NO3S2. The summed E-state index contributed by atoms with van der Waals surface area (Å²) in [7, 11) is -3.20. The van der Waals surface area contributed by atoms with Gasteiger partial charge in [-0.3, -0.25) is 0 Å². The van der Waals surface area contributed by atoms with Crippen LogP contribution in [0, 0.1) is 6.92 Å². The van der Waals surface area contributed by atoms with E-state index in [1.165, 1.54) is 6.20 Å². The van der Waals surface area contributed by atoms with E-state index >= 15 is 0 Å². The number of hydrogen-bond acceptors (Lipinski definition) is 5. The predicted molar refractivity (Wildman–Crippen MR) is 70.7 cm³/mol. The molecule has 0 saturated heterocycles. The SMILES string of the molecule is Cc1ccccc1COc1ncc(S(C)(=O)=O)s1. The molecule has 0 N–H and O–H groups in total. The maximum atomic E-state index is 11.3.